The van der Waals surface area contributed by atoms with E-state index in [1.807, 2.05) is 13.8 Å². The minimum absolute atomic E-state index is 0.00103. The first-order valence-electron chi connectivity index (χ1n) is 6.44. The van der Waals surface area contributed by atoms with Crippen LogP contribution >= 0.6 is 0 Å². The highest BCUT2D eigenvalue weighted by atomic mass is 19.2. The van der Waals surface area contributed by atoms with Crippen molar-refractivity contribution in [2.45, 2.75) is 26.7 Å². The third-order valence-corrected chi connectivity index (χ3v) is 2.92. The lowest BCUT2D eigenvalue weighted by atomic mass is 10.0. The molecule has 0 aliphatic heterocycles. The summed E-state index contributed by atoms with van der Waals surface area (Å²) in [4.78, 5) is 11.6. The van der Waals surface area contributed by atoms with Gasteiger partial charge in [-0.2, -0.15) is 0 Å². The molecule has 0 aliphatic carbocycles. The van der Waals surface area contributed by atoms with Gasteiger partial charge in [-0.1, -0.05) is 13.8 Å². The maximum Gasteiger partial charge on any atom is 0.223 e. The molecule has 1 N–H and O–H groups in total. The Kier molecular flexibility index (Phi) is 6.25. The third-order valence-electron chi connectivity index (χ3n) is 2.92. The van der Waals surface area contributed by atoms with Crippen LogP contribution in [0.2, 0.25) is 0 Å². The molecule has 3 nitrogen and oxygen atoms in total. The summed E-state index contributed by atoms with van der Waals surface area (Å²) in [7, 11) is 0. The van der Waals surface area contributed by atoms with Gasteiger partial charge in [0.2, 0.25) is 5.91 Å². The Morgan fingerprint density at radius 1 is 1.26 bits per heavy atom. The minimum Gasteiger partial charge on any atom is -0.492 e. The van der Waals surface area contributed by atoms with Crippen LogP contribution in [0.1, 0.15) is 26.7 Å². The molecule has 1 aromatic carbocycles. The summed E-state index contributed by atoms with van der Waals surface area (Å²) >= 11 is 0. The van der Waals surface area contributed by atoms with Gasteiger partial charge >= 0.3 is 0 Å². The Morgan fingerprint density at radius 3 is 2.53 bits per heavy atom. The molecule has 1 rings (SSSR count). The monoisotopic (exact) mass is 271 g/mol. The van der Waals surface area contributed by atoms with Crippen LogP contribution in [0.4, 0.5) is 8.78 Å². The van der Waals surface area contributed by atoms with Crippen molar-refractivity contribution in [2.24, 2.45) is 5.92 Å². The zero-order valence-corrected chi connectivity index (χ0v) is 11.2. The Hall–Kier alpha value is -1.65. The summed E-state index contributed by atoms with van der Waals surface area (Å²) in [6.07, 6.45) is 1.60. The number of carbonyl (C=O) groups is 1. The summed E-state index contributed by atoms with van der Waals surface area (Å²) < 4.78 is 30.8. The lowest BCUT2D eigenvalue weighted by molar-refractivity contribution is -0.125. The van der Waals surface area contributed by atoms with Gasteiger partial charge in [-0.25, -0.2) is 8.78 Å². The number of ether oxygens (including phenoxy) is 1. The number of hydrogen-bond acceptors (Lipinski definition) is 2. The van der Waals surface area contributed by atoms with E-state index in [-0.39, 0.29) is 24.2 Å². The van der Waals surface area contributed by atoms with Crippen LogP contribution in [0.5, 0.6) is 5.75 Å². The van der Waals surface area contributed by atoms with E-state index in [4.69, 9.17) is 4.74 Å². The second kappa shape index (κ2) is 7.71. The molecule has 0 heterocycles. The van der Waals surface area contributed by atoms with Crippen molar-refractivity contribution in [1.82, 2.24) is 5.32 Å². The lowest BCUT2D eigenvalue weighted by Crippen LogP contribution is -2.33. The minimum atomic E-state index is -0.946. The molecular formula is C14H19F2NO2. The first-order valence-corrected chi connectivity index (χ1v) is 6.44. The molecule has 0 radical (unpaired) electrons. The van der Waals surface area contributed by atoms with Crippen molar-refractivity contribution in [3.05, 3.63) is 29.8 Å². The number of amides is 1. The Morgan fingerprint density at radius 2 is 1.95 bits per heavy atom. The molecule has 0 unspecified atom stereocenters. The Bertz CT molecular complexity index is 420. The molecule has 106 valence electrons. The smallest absolute Gasteiger partial charge is 0.223 e. The average Bonchev–Trinajstić information content (AvgIpc) is 2.40. The van der Waals surface area contributed by atoms with Gasteiger partial charge in [0, 0.05) is 12.0 Å². The van der Waals surface area contributed by atoms with E-state index in [0.717, 1.165) is 25.0 Å². The largest absolute Gasteiger partial charge is 0.492 e. The summed E-state index contributed by atoms with van der Waals surface area (Å²) in [5.41, 5.74) is 0. The molecule has 0 saturated heterocycles. The second-order valence-corrected chi connectivity index (χ2v) is 4.23. The molecule has 0 aromatic heterocycles. The van der Waals surface area contributed by atoms with Gasteiger partial charge in [0.15, 0.2) is 11.6 Å². The van der Waals surface area contributed by atoms with Crippen molar-refractivity contribution >= 4 is 5.91 Å². The highest BCUT2D eigenvalue weighted by Gasteiger charge is 2.12. The van der Waals surface area contributed by atoms with Crippen LogP contribution in [-0.2, 0) is 4.79 Å². The van der Waals surface area contributed by atoms with Crippen LogP contribution in [0.15, 0.2) is 18.2 Å². The van der Waals surface area contributed by atoms with E-state index in [9.17, 15) is 13.6 Å². The van der Waals surface area contributed by atoms with Crippen molar-refractivity contribution in [3.8, 4) is 5.75 Å². The van der Waals surface area contributed by atoms with Crippen LogP contribution in [0.3, 0.4) is 0 Å². The van der Waals surface area contributed by atoms with E-state index in [0.29, 0.717) is 6.54 Å². The maximum absolute atomic E-state index is 12.9. The maximum atomic E-state index is 12.9. The molecule has 1 aromatic rings. The van der Waals surface area contributed by atoms with Crippen LogP contribution in [-0.4, -0.2) is 19.1 Å². The molecule has 0 bridgehead atoms. The van der Waals surface area contributed by atoms with E-state index in [1.165, 1.54) is 6.07 Å². The average molecular weight is 271 g/mol. The molecule has 0 saturated carbocycles. The number of hydrogen-bond donors (Lipinski definition) is 1. The molecule has 19 heavy (non-hydrogen) atoms. The first-order chi connectivity index (χ1) is 9.08. The summed E-state index contributed by atoms with van der Waals surface area (Å²) in [5, 5.41) is 2.75. The normalized spacial score (nSPS) is 10.6. The van der Waals surface area contributed by atoms with E-state index in [1.54, 1.807) is 0 Å². The van der Waals surface area contributed by atoms with Gasteiger partial charge in [0.1, 0.15) is 12.4 Å². The number of carbonyl (C=O) groups excluding carboxylic acids is 1. The zero-order chi connectivity index (χ0) is 14.3. The van der Waals surface area contributed by atoms with E-state index >= 15 is 0 Å². The standard InChI is InChI=1S/C14H19F2NO2/c1-3-10(4-2)14(18)17-7-8-19-11-5-6-12(15)13(16)9-11/h5-6,9-10H,3-4,7-8H2,1-2H3,(H,17,18). The molecule has 0 aliphatic rings. The third kappa shape index (κ3) is 4.85. The summed E-state index contributed by atoms with van der Waals surface area (Å²) in [6, 6.07) is 3.34. The molecule has 1 amide bonds. The van der Waals surface area contributed by atoms with Gasteiger partial charge in [-0.3, -0.25) is 4.79 Å². The first kappa shape index (κ1) is 15.4. The zero-order valence-electron chi connectivity index (χ0n) is 11.2. The fourth-order valence-corrected chi connectivity index (χ4v) is 1.71. The number of halogens is 2. The van der Waals surface area contributed by atoms with Crippen molar-refractivity contribution in [1.29, 1.82) is 0 Å². The molecular weight excluding hydrogens is 252 g/mol. The number of rotatable bonds is 7. The van der Waals surface area contributed by atoms with Gasteiger partial charge in [0.25, 0.3) is 0 Å². The Labute approximate surface area is 112 Å². The summed E-state index contributed by atoms with van der Waals surface area (Å²) in [6.45, 7) is 4.49. The predicted octanol–water partition coefficient (Wildman–Crippen LogP) is 2.90. The highest BCUT2D eigenvalue weighted by molar-refractivity contribution is 5.78. The predicted molar refractivity (Wildman–Crippen MR) is 68.9 cm³/mol. The van der Waals surface area contributed by atoms with Crippen LogP contribution in [0.25, 0.3) is 0 Å². The second-order valence-electron chi connectivity index (χ2n) is 4.23. The molecule has 0 atom stereocenters. The Balaban J connectivity index is 2.31. The quantitative estimate of drug-likeness (QED) is 0.774. The highest BCUT2D eigenvalue weighted by Crippen LogP contribution is 2.15. The van der Waals surface area contributed by atoms with Crippen molar-refractivity contribution in [3.63, 3.8) is 0 Å². The number of nitrogens with one attached hydrogen (secondary N) is 1. The molecule has 5 heteroatoms. The van der Waals surface area contributed by atoms with Gasteiger partial charge in [-0.05, 0) is 25.0 Å². The van der Waals surface area contributed by atoms with Crippen molar-refractivity contribution < 1.29 is 18.3 Å². The number of benzene rings is 1. The van der Waals surface area contributed by atoms with Crippen LogP contribution < -0.4 is 10.1 Å². The van der Waals surface area contributed by atoms with E-state index in [2.05, 4.69) is 5.32 Å². The molecule has 0 fully saturated rings. The fraction of sp³-hybridized carbons (Fsp3) is 0.500. The van der Waals surface area contributed by atoms with Crippen LogP contribution in [0, 0.1) is 17.6 Å². The molecule has 0 spiro atoms. The fourth-order valence-electron chi connectivity index (χ4n) is 1.71. The van der Waals surface area contributed by atoms with Gasteiger partial charge in [-0.15, -0.1) is 0 Å². The van der Waals surface area contributed by atoms with Gasteiger partial charge < -0.3 is 10.1 Å². The van der Waals surface area contributed by atoms with Gasteiger partial charge in [0.05, 0.1) is 6.54 Å². The van der Waals surface area contributed by atoms with Crippen molar-refractivity contribution in [2.75, 3.05) is 13.2 Å². The lowest BCUT2D eigenvalue weighted by Gasteiger charge is -2.13. The summed E-state index contributed by atoms with van der Waals surface area (Å²) in [5.74, 6) is -1.59. The SMILES string of the molecule is CCC(CC)C(=O)NCCOc1ccc(F)c(F)c1. The van der Waals surface area contributed by atoms with E-state index < -0.39 is 11.6 Å². The topological polar surface area (TPSA) is 38.3 Å².